The van der Waals surface area contributed by atoms with Crippen LogP contribution in [0.1, 0.15) is 33.0 Å². The summed E-state index contributed by atoms with van der Waals surface area (Å²) >= 11 is 0. The van der Waals surface area contributed by atoms with Crippen molar-refractivity contribution in [1.82, 2.24) is 25.0 Å². The molecule has 21 heavy (non-hydrogen) atoms. The third-order valence-corrected chi connectivity index (χ3v) is 3.17. The molecule has 1 aromatic rings. The molecule has 0 spiro atoms. The van der Waals surface area contributed by atoms with E-state index >= 15 is 0 Å². The van der Waals surface area contributed by atoms with Crippen LogP contribution in [0.2, 0.25) is 0 Å². The van der Waals surface area contributed by atoms with Gasteiger partial charge in [-0.25, -0.2) is 14.5 Å². The van der Waals surface area contributed by atoms with E-state index in [1.807, 2.05) is 6.92 Å². The number of carbonyl (C=O) groups excluding carboxylic acids is 2. The summed E-state index contributed by atoms with van der Waals surface area (Å²) in [6.45, 7) is 5.94. The van der Waals surface area contributed by atoms with Crippen molar-refractivity contribution in [2.45, 2.75) is 51.8 Å². The minimum absolute atomic E-state index is 0.236. The Morgan fingerprint density at radius 2 is 2.14 bits per heavy atom. The van der Waals surface area contributed by atoms with Gasteiger partial charge in [0.05, 0.1) is 12.1 Å². The van der Waals surface area contributed by atoms with Gasteiger partial charge in [-0.05, 0) is 20.3 Å². The lowest BCUT2D eigenvalue weighted by molar-refractivity contribution is -0.127. The fourth-order valence-electron chi connectivity index (χ4n) is 2.28. The van der Waals surface area contributed by atoms with Crippen molar-refractivity contribution in [3.05, 3.63) is 12.2 Å². The molecule has 8 nitrogen and oxygen atoms in total. The smallest absolute Gasteiger partial charge is 0.324 e. The fraction of sp³-hybridized carbons (Fsp3) is 0.692. The van der Waals surface area contributed by atoms with Crippen LogP contribution in [-0.4, -0.2) is 54.9 Å². The lowest BCUT2D eigenvalue weighted by Crippen LogP contribution is -2.34. The Bertz CT molecular complexity index is 534. The molecule has 0 bridgehead atoms. The van der Waals surface area contributed by atoms with Gasteiger partial charge in [-0.2, -0.15) is 5.10 Å². The van der Waals surface area contributed by atoms with Crippen molar-refractivity contribution in [3.63, 3.8) is 0 Å². The van der Waals surface area contributed by atoms with Crippen molar-refractivity contribution in [2.24, 2.45) is 0 Å². The molecule has 1 aromatic heterocycles. The van der Waals surface area contributed by atoms with E-state index in [9.17, 15) is 14.7 Å². The molecule has 1 saturated heterocycles. The number of urea groups is 1. The van der Waals surface area contributed by atoms with Crippen LogP contribution in [0.3, 0.4) is 0 Å². The zero-order chi connectivity index (χ0) is 15.6. The lowest BCUT2D eigenvalue weighted by Gasteiger charge is -2.18. The molecule has 0 radical (unpaired) electrons. The number of hydrogen-bond acceptors (Lipinski definition) is 5. The van der Waals surface area contributed by atoms with E-state index in [4.69, 9.17) is 0 Å². The number of aromatic nitrogens is 3. The van der Waals surface area contributed by atoms with Crippen LogP contribution in [0.15, 0.2) is 6.33 Å². The fourth-order valence-corrected chi connectivity index (χ4v) is 2.28. The molecule has 2 N–H and O–H groups in total. The van der Waals surface area contributed by atoms with Crippen LogP contribution in [0.4, 0.5) is 4.79 Å². The summed E-state index contributed by atoms with van der Waals surface area (Å²) in [7, 11) is 0. The van der Waals surface area contributed by atoms with Gasteiger partial charge in [-0.3, -0.25) is 9.69 Å². The second-order valence-electron chi connectivity index (χ2n) is 5.84. The highest BCUT2D eigenvalue weighted by molar-refractivity contribution is 6.04. The van der Waals surface area contributed by atoms with Crippen LogP contribution in [-0.2, 0) is 17.8 Å². The maximum Gasteiger partial charge on any atom is 0.324 e. The standard InChI is InChI=1S/C13H21N5O3/c1-4-5-17-11(19)9(16-12(17)20)6-10-14-8-15-18(10)7-13(2,3)21/h8-9,21H,4-7H2,1-3H3,(H,16,20). The molecule has 1 unspecified atom stereocenters. The maximum absolute atomic E-state index is 12.2. The molecule has 0 aromatic carbocycles. The summed E-state index contributed by atoms with van der Waals surface area (Å²) in [5, 5.41) is 16.6. The molecule has 1 aliphatic rings. The van der Waals surface area contributed by atoms with Gasteiger partial charge in [0.2, 0.25) is 0 Å². The number of nitrogens with one attached hydrogen (secondary N) is 1. The predicted octanol–water partition coefficient (Wildman–Crippen LogP) is -0.0781. The minimum Gasteiger partial charge on any atom is -0.389 e. The zero-order valence-corrected chi connectivity index (χ0v) is 12.5. The van der Waals surface area contributed by atoms with Gasteiger partial charge in [-0.15, -0.1) is 0 Å². The molecule has 2 heterocycles. The third-order valence-electron chi connectivity index (χ3n) is 3.17. The number of rotatable bonds is 6. The number of amides is 3. The molecule has 3 amide bonds. The first kappa shape index (κ1) is 15.4. The number of imide groups is 1. The first-order valence-corrected chi connectivity index (χ1v) is 7.02. The summed E-state index contributed by atoms with van der Waals surface area (Å²) in [5.41, 5.74) is -0.931. The zero-order valence-electron chi connectivity index (χ0n) is 12.5. The van der Waals surface area contributed by atoms with Crippen molar-refractivity contribution in [1.29, 1.82) is 0 Å². The number of nitrogens with zero attached hydrogens (tertiary/aromatic N) is 4. The van der Waals surface area contributed by atoms with Crippen LogP contribution in [0.5, 0.6) is 0 Å². The predicted molar refractivity (Wildman–Crippen MR) is 74.3 cm³/mol. The van der Waals surface area contributed by atoms with E-state index in [1.54, 1.807) is 18.5 Å². The average molecular weight is 295 g/mol. The van der Waals surface area contributed by atoms with Crippen LogP contribution >= 0.6 is 0 Å². The van der Waals surface area contributed by atoms with Crippen molar-refractivity contribution in [3.8, 4) is 0 Å². The normalized spacial score (nSPS) is 19.2. The van der Waals surface area contributed by atoms with Gasteiger partial charge in [0.15, 0.2) is 0 Å². The van der Waals surface area contributed by atoms with Crippen molar-refractivity contribution < 1.29 is 14.7 Å². The molecule has 0 saturated carbocycles. The largest absolute Gasteiger partial charge is 0.389 e. The molecule has 116 valence electrons. The lowest BCUT2D eigenvalue weighted by atomic mass is 10.1. The van der Waals surface area contributed by atoms with Gasteiger partial charge in [0.1, 0.15) is 18.2 Å². The Kier molecular flexibility index (Phi) is 4.26. The second kappa shape index (κ2) is 5.80. The molecule has 1 fully saturated rings. The topological polar surface area (TPSA) is 100 Å². The summed E-state index contributed by atoms with van der Waals surface area (Å²) in [6.07, 6.45) is 2.37. The Labute approximate surface area is 123 Å². The van der Waals surface area contributed by atoms with Gasteiger partial charge >= 0.3 is 6.03 Å². The maximum atomic E-state index is 12.2. The highest BCUT2D eigenvalue weighted by Crippen LogP contribution is 2.13. The summed E-state index contributed by atoms with van der Waals surface area (Å²) in [6, 6.07) is -0.978. The van der Waals surface area contributed by atoms with E-state index < -0.39 is 11.6 Å². The first-order chi connectivity index (χ1) is 9.81. The molecule has 2 rings (SSSR count). The van der Waals surface area contributed by atoms with Gasteiger partial charge in [0, 0.05) is 13.0 Å². The summed E-state index contributed by atoms with van der Waals surface area (Å²) < 4.78 is 1.56. The quantitative estimate of drug-likeness (QED) is 0.715. The molecule has 1 atom stereocenters. The number of hydrogen-bond donors (Lipinski definition) is 2. The Morgan fingerprint density at radius 1 is 1.43 bits per heavy atom. The van der Waals surface area contributed by atoms with Crippen molar-refractivity contribution in [2.75, 3.05) is 6.54 Å². The highest BCUT2D eigenvalue weighted by atomic mass is 16.3. The second-order valence-corrected chi connectivity index (χ2v) is 5.84. The summed E-state index contributed by atoms with van der Waals surface area (Å²) in [4.78, 5) is 29.2. The highest BCUT2D eigenvalue weighted by Gasteiger charge is 2.38. The monoisotopic (exact) mass is 295 g/mol. The van der Waals surface area contributed by atoms with Crippen LogP contribution in [0, 0.1) is 0 Å². The Hall–Kier alpha value is -1.96. The summed E-state index contributed by atoms with van der Waals surface area (Å²) in [5.74, 6) is 0.328. The Morgan fingerprint density at radius 3 is 2.76 bits per heavy atom. The molecule has 1 aliphatic heterocycles. The van der Waals surface area contributed by atoms with E-state index in [0.717, 1.165) is 6.42 Å². The van der Waals surface area contributed by atoms with Crippen LogP contribution in [0.25, 0.3) is 0 Å². The molecular weight excluding hydrogens is 274 g/mol. The van der Waals surface area contributed by atoms with Gasteiger partial charge in [0.25, 0.3) is 5.91 Å². The Balaban J connectivity index is 2.08. The molecular formula is C13H21N5O3. The SMILES string of the molecule is CCCN1C(=O)NC(Cc2ncnn2CC(C)(C)O)C1=O. The van der Waals surface area contributed by atoms with Gasteiger partial charge < -0.3 is 10.4 Å². The third kappa shape index (κ3) is 3.57. The molecule has 8 heteroatoms. The van der Waals surface area contributed by atoms with E-state index in [0.29, 0.717) is 12.4 Å². The van der Waals surface area contributed by atoms with Gasteiger partial charge in [-0.1, -0.05) is 6.92 Å². The van der Waals surface area contributed by atoms with Crippen LogP contribution < -0.4 is 5.32 Å². The van der Waals surface area contributed by atoms with Crippen molar-refractivity contribution >= 4 is 11.9 Å². The van der Waals surface area contributed by atoms with E-state index in [2.05, 4.69) is 15.4 Å². The number of carbonyl (C=O) groups is 2. The minimum atomic E-state index is -0.931. The average Bonchev–Trinajstić information content (AvgIpc) is 2.88. The van der Waals surface area contributed by atoms with E-state index in [1.165, 1.54) is 11.2 Å². The molecule has 0 aliphatic carbocycles. The number of aliphatic hydroxyl groups is 1. The first-order valence-electron chi connectivity index (χ1n) is 7.02. The van der Waals surface area contributed by atoms with E-state index in [-0.39, 0.29) is 24.9 Å².